The molecule has 0 aliphatic heterocycles. The molecule has 0 spiro atoms. The zero-order valence-electron chi connectivity index (χ0n) is 7.51. The molecular weight excluding hydrogens is 168 g/mol. The number of pyridine rings is 1. The van der Waals surface area contributed by atoms with Crippen LogP contribution in [0.2, 0.25) is 0 Å². The Labute approximate surface area is 77.0 Å². The van der Waals surface area contributed by atoms with Gasteiger partial charge in [0.05, 0.1) is 24.4 Å². The van der Waals surface area contributed by atoms with Gasteiger partial charge in [-0.05, 0) is 18.6 Å². The average molecular weight is 182 g/mol. The Morgan fingerprint density at radius 1 is 1.54 bits per heavy atom. The topological polar surface area (TPSA) is 79.4 Å². The normalized spacial score (nSPS) is 15.4. The second-order valence-corrected chi connectivity index (χ2v) is 3.02. The smallest absolute Gasteiger partial charge is 0.0730 e. The molecule has 1 rings (SSSR count). The summed E-state index contributed by atoms with van der Waals surface area (Å²) in [4.78, 5) is 4.03. The molecule has 1 aromatic heterocycles. The second-order valence-electron chi connectivity index (χ2n) is 3.02. The largest absolute Gasteiger partial charge is 0.392 e. The molecule has 2 atom stereocenters. The Bertz CT molecular complexity index is 259. The molecule has 0 amide bonds. The third-order valence-electron chi connectivity index (χ3n) is 1.89. The molecule has 13 heavy (non-hydrogen) atoms. The summed E-state index contributed by atoms with van der Waals surface area (Å²) in [6.45, 7) is 1.59. The fraction of sp³-hybridized carbons (Fsp3) is 0.444. The molecule has 0 aliphatic rings. The molecule has 4 N–H and O–H groups in total. The van der Waals surface area contributed by atoms with Gasteiger partial charge in [-0.1, -0.05) is 6.07 Å². The van der Waals surface area contributed by atoms with Crippen molar-refractivity contribution in [2.24, 2.45) is 5.73 Å². The van der Waals surface area contributed by atoms with E-state index in [1.54, 1.807) is 25.3 Å². The van der Waals surface area contributed by atoms with Gasteiger partial charge in [0.1, 0.15) is 0 Å². The molecule has 1 aromatic rings. The Balaban J connectivity index is 2.79. The van der Waals surface area contributed by atoms with Crippen molar-refractivity contribution in [3.8, 4) is 0 Å². The van der Waals surface area contributed by atoms with Crippen LogP contribution in [0.4, 0.5) is 0 Å². The number of hydrogen-bond donors (Lipinski definition) is 3. The van der Waals surface area contributed by atoms with E-state index < -0.39 is 12.1 Å². The first-order valence-electron chi connectivity index (χ1n) is 4.14. The van der Waals surface area contributed by atoms with Gasteiger partial charge in [0.2, 0.25) is 0 Å². The summed E-state index contributed by atoms with van der Waals surface area (Å²) < 4.78 is 0. The standard InChI is InChI=1S/C9H14N2O2/c1-6(13)9(10)8-3-2-7(5-12)4-11-8/h2-4,6,9,12-13H,5,10H2,1H3/t6-,9+/m1/s1. The maximum atomic E-state index is 9.19. The maximum absolute atomic E-state index is 9.19. The SMILES string of the molecule is C[C@@H](O)[C@H](N)c1ccc(CO)cn1. The molecule has 4 heteroatoms. The van der Waals surface area contributed by atoms with Crippen LogP contribution in [0.15, 0.2) is 18.3 Å². The Morgan fingerprint density at radius 3 is 2.62 bits per heavy atom. The van der Waals surface area contributed by atoms with Crippen LogP contribution in [0, 0.1) is 0 Å². The van der Waals surface area contributed by atoms with Gasteiger partial charge in [0, 0.05) is 6.20 Å². The van der Waals surface area contributed by atoms with Gasteiger partial charge in [0.15, 0.2) is 0 Å². The number of nitrogens with two attached hydrogens (primary N) is 1. The summed E-state index contributed by atoms with van der Waals surface area (Å²) in [5.41, 5.74) is 7.02. The third-order valence-corrected chi connectivity index (χ3v) is 1.89. The highest BCUT2D eigenvalue weighted by atomic mass is 16.3. The van der Waals surface area contributed by atoms with E-state index >= 15 is 0 Å². The van der Waals surface area contributed by atoms with Gasteiger partial charge in [-0.3, -0.25) is 4.98 Å². The molecule has 0 saturated heterocycles. The minimum Gasteiger partial charge on any atom is -0.392 e. The number of aliphatic hydroxyl groups is 2. The molecule has 1 heterocycles. The molecular formula is C9H14N2O2. The lowest BCUT2D eigenvalue weighted by Gasteiger charge is -2.13. The molecule has 0 saturated carbocycles. The molecule has 0 bridgehead atoms. The summed E-state index contributed by atoms with van der Waals surface area (Å²) in [6.07, 6.45) is 0.935. The van der Waals surface area contributed by atoms with Crippen LogP contribution >= 0.6 is 0 Å². The van der Waals surface area contributed by atoms with E-state index in [1.165, 1.54) is 0 Å². The van der Waals surface area contributed by atoms with Crippen molar-refractivity contribution >= 4 is 0 Å². The van der Waals surface area contributed by atoms with E-state index in [-0.39, 0.29) is 6.61 Å². The zero-order valence-corrected chi connectivity index (χ0v) is 7.51. The van der Waals surface area contributed by atoms with Crippen molar-refractivity contribution in [1.82, 2.24) is 4.98 Å². The molecule has 0 aromatic carbocycles. The van der Waals surface area contributed by atoms with E-state index in [0.717, 1.165) is 5.56 Å². The van der Waals surface area contributed by atoms with Crippen LogP contribution in [-0.4, -0.2) is 21.3 Å². The number of rotatable bonds is 3. The molecule has 0 radical (unpaired) electrons. The monoisotopic (exact) mass is 182 g/mol. The highest BCUT2D eigenvalue weighted by Crippen LogP contribution is 2.11. The first-order chi connectivity index (χ1) is 6.15. The van der Waals surface area contributed by atoms with Crippen molar-refractivity contribution < 1.29 is 10.2 Å². The van der Waals surface area contributed by atoms with E-state index in [4.69, 9.17) is 10.8 Å². The summed E-state index contributed by atoms with van der Waals surface area (Å²) in [7, 11) is 0. The lowest BCUT2D eigenvalue weighted by Crippen LogP contribution is -2.24. The van der Waals surface area contributed by atoms with Crippen LogP contribution in [0.25, 0.3) is 0 Å². The summed E-state index contributed by atoms with van der Waals surface area (Å²) >= 11 is 0. The molecule has 0 fully saturated rings. The van der Waals surface area contributed by atoms with Gasteiger partial charge in [-0.2, -0.15) is 0 Å². The van der Waals surface area contributed by atoms with Crippen molar-refractivity contribution in [2.75, 3.05) is 0 Å². The predicted octanol–water partition coefficient (Wildman–Crippen LogP) is -0.0455. The van der Waals surface area contributed by atoms with E-state index in [9.17, 15) is 5.11 Å². The number of hydrogen-bond acceptors (Lipinski definition) is 4. The fourth-order valence-corrected chi connectivity index (χ4v) is 0.974. The summed E-state index contributed by atoms with van der Waals surface area (Å²) in [5, 5.41) is 17.9. The first-order valence-corrected chi connectivity index (χ1v) is 4.14. The molecule has 4 nitrogen and oxygen atoms in total. The Hall–Kier alpha value is -0.970. The lowest BCUT2D eigenvalue weighted by atomic mass is 10.1. The molecule has 0 aliphatic carbocycles. The highest BCUT2D eigenvalue weighted by Gasteiger charge is 2.12. The highest BCUT2D eigenvalue weighted by molar-refractivity contribution is 5.16. The van der Waals surface area contributed by atoms with Crippen LogP contribution in [0.3, 0.4) is 0 Å². The summed E-state index contributed by atoms with van der Waals surface area (Å²) in [5.74, 6) is 0. The first kappa shape index (κ1) is 10.1. The molecule has 72 valence electrons. The molecule has 0 unspecified atom stereocenters. The van der Waals surface area contributed by atoms with E-state index in [0.29, 0.717) is 5.69 Å². The zero-order chi connectivity index (χ0) is 9.84. The second kappa shape index (κ2) is 4.32. The van der Waals surface area contributed by atoms with Gasteiger partial charge in [0.25, 0.3) is 0 Å². The van der Waals surface area contributed by atoms with Gasteiger partial charge < -0.3 is 15.9 Å². The van der Waals surface area contributed by atoms with Gasteiger partial charge in [-0.25, -0.2) is 0 Å². The van der Waals surface area contributed by atoms with E-state index in [1.807, 2.05) is 0 Å². The maximum Gasteiger partial charge on any atom is 0.0730 e. The van der Waals surface area contributed by atoms with Gasteiger partial charge >= 0.3 is 0 Å². The minimum absolute atomic E-state index is 0.0306. The predicted molar refractivity (Wildman–Crippen MR) is 48.8 cm³/mol. The Kier molecular flexibility index (Phi) is 3.36. The van der Waals surface area contributed by atoms with Crippen molar-refractivity contribution in [2.45, 2.75) is 25.7 Å². The fourth-order valence-electron chi connectivity index (χ4n) is 0.974. The van der Waals surface area contributed by atoms with E-state index in [2.05, 4.69) is 4.98 Å². The lowest BCUT2D eigenvalue weighted by molar-refractivity contribution is 0.162. The average Bonchev–Trinajstić information content (AvgIpc) is 2.17. The quantitative estimate of drug-likeness (QED) is 0.612. The van der Waals surface area contributed by atoms with Crippen LogP contribution < -0.4 is 5.73 Å². The number of nitrogens with zero attached hydrogens (tertiary/aromatic N) is 1. The number of aromatic nitrogens is 1. The third kappa shape index (κ3) is 2.48. The summed E-state index contributed by atoms with van der Waals surface area (Å²) in [6, 6.07) is 2.99. The van der Waals surface area contributed by atoms with Crippen LogP contribution in [0.5, 0.6) is 0 Å². The van der Waals surface area contributed by atoms with Crippen molar-refractivity contribution in [3.05, 3.63) is 29.6 Å². The Morgan fingerprint density at radius 2 is 2.23 bits per heavy atom. The number of aliphatic hydroxyl groups excluding tert-OH is 2. The van der Waals surface area contributed by atoms with Crippen molar-refractivity contribution in [1.29, 1.82) is 0 Å². The minimum atomic E-state index is -0.618. The van der Waals surface area contributed by atoms with Gasteiger partial charge in [-0.15, -0.1) is 0 Å². The van der Waals surface area contributed by atoms with Crippen LogP contribution in [-0.2, 0) is 6.61 Å². The van der Waals surface area contributed by atoms with Crippen molar-refractivity contribution in [3.63, 3.8) is 0 Å². The van der Waals surface area contributed by atoms with Crippen LogP contribution in [0.1, 0.15) is 24.2 Å².